The Bertz CT molecular complexity index is 514. The van der Waals surface area contributed by atoms with Crippen LogP contribution >= 0.6 is 0 Å². The first kappa shape index (κ1) is 14.5. The molecule has 0 radical (unpaired) electrons. The van der Waals surface area contributed by atoms with E-state index in [0.717, 1.165) is 16.6 Å². The van der Waals surface area contributed by atoms with Crippen LogP contribution in [0.4, 0.5) is 4.39 Å². The third-order valence-electron chi connectivity index (χ3n) is 2.19. The number of halogens is 1. The Kier molecular flexibility index (Phi) is 4.74. The van der Waals surface area contributed by atoms with Gasteiger partial charge in [-0.15, -0.1) is 0 Å². The van der Waals surface area contributed by atoms with Crippen LogP contribution in [0.2, 0.25) is 0 Å². The van der Waals surface area contributed by atoms with Crippen molar-refractivity contribution in [1.82, 2.24) is 14.6 Å². The fraction of sp³-hybridized carbons (Fsp3) is 0.400. The Hall–Kier alpha value is -1.54. The van der Waals surface area contributed by atoms with Gasteiger partial charge in [0, 0.05) is 26.8 Å². The number of aromatic nitrogens is 1. The molecule has 1 aromatic heterocycles. The average Bonchev–Trinajstić information content (AvgIpc) is 2.29. The van der Waals surface area contributed by atoms with Gasteiger partial charge in [-0.05, 0) is 12.1 Å². The molecule has 0 unspecified atom stereocenters. The molecule has 1 N–H and O–H groups in total. The quantitative estimate of drug-likeness (QED) is 0.757. The summed E-state index contributed by atoms with van der Waals surface area (Å²) in [5, 5.41) is 2.42. The third-order valence-corrected chi connectivity index (χ3v) is 4.02. The van der Waals surface area contributed by atoms with Gasteiger partial charge in [0.2, 0.25) is 16.0 Å². The number of hydrogen-bond donors (Lipinski definition) is 1. The number of amides is 1. The van der Waals surface area contributed by atoms with Crippen molar-refractivity contribution >= 4 is 15.9 Å². The molecule has 0 aliphatic carbocycles. The molecule has 0 aliphatic heterocycles. The topological polar surface area (TPSA) is 79.4 Å². The molecular weight excluding hydrogens is 261 g/mol. The van der Waals surface area contributed by atoms with E-state index in [-0.39, 0.29) is 17.9 Å². The number of nitrogens with one attached hydrogen (secondary N) is 1. The fourth-order valence-electron chi connectivity index (χ4n) is 1.09. The lowest BCUT2D eigenvalue weighted by Crippen LogP contribution is -2.33. The van der Waals surface area contributed by atoms with Crippen LogP contribution in [0.1, 0.15) is 10.4 Å². The van der Waals surface area contributed by atoms with Crippen LogP contribution < -0.4 is 5.32 Å². The molecular formula is C10H14FN3O3S. The lowest BCUT2D eigenvalue weighted by molar-refractivity contribution is 0.0955. The minimum Gasteiger partial charge on any atom is -0.351 e. The molecule has 0 aliphatic rings. The summed E-state index contributed by atoms with van der Waals surface area (Å²) in [5.74, 6) is -1.36. The maximum atomic E-state index is 12.5. The van der Waals surface area contributed by atoms with E-state index in [1.54, 1.807) is 0 Å². The second-order valence-corrected chi connectivity index (χ2v) is 6.03. The molecule has 0 bridgehead atoms. The number of sulfonamides is 1. The van der Waals surface area contributed by atoms with E-state index in [1.165, 1.54) is 20.2 Å². The Morgan fingerprint density at radius 1 is 1.44 bits per heavy atom. The zero-order valence-electron chi connectivity index (χ0n) is 10.1. The van der Waals surface area contributed by atoms with Crippen LogP contribution in [0.3, 0.4) is 0 Å². The maximum absolute atomic E-state index is 12.5. The van der Waals surface area contributed by atoms with E-state index in [4.69, 9.17) is 0 Å². The Balaban J connectivity index is 2.50. The zero-order valence-corrected chi connectivity index (χ0v) is 10.9. The first-order chi connectivity index (χ1) is 8.33. The van der Waals surface area contributed by atoms with Crippen LogP contribution in [-0.4, -0.2) is 50.0 Å². The number of rotatable bonds is 5. The number of hydrogen-bond acceptors (Lipinski definition) is 4. The van der Waals surface area contributed by atoms with Gasteiger partial charge in [0.15, 0.2) is 0 Å². The summed E-state index contributed by atoms with van der Waals surface area (Å²) in [4.78, 5) is 14.9. The predicted octanol–water partition coefficient (Wildman–Crippen LogP) is -0.158. The van der Waals surface area contributed by atoms with Gasteiger partial charge in [-0.1, -0.05) is 0 Å². The van der Waals surface area contributed by atoms with E-state index >= 15 is 0 Å². The highest BCUT2D eigenvalue weighted by atomic mass is 32.2. The molecule has 6 nitrogen and oxygen atoms in total. The smallest absolute Gasteiger partial charge is 0.252 e. The van der Waals surface area contributed by atoms with Crippen molar-refractivity contribution in [1.29, 1.82) is 0 Å². The van der Waals surface area contributed by atoms with Crippen molar-refractivity contribution in [3.05, 3.63) is 29.8 Å². The van der Waals surface area contributed by atoms with Gasteiger partial charge >= 0.3 is 0 Å². The van der Waals surface area contributed by atoms with Gasteiger partial charge in [0.25, 0.3) is 5.91 Å². The first-order valence-corrected chi connectivity index (χ1v) is 6.74. The minimum atomic E-state index is -3.34. The molecule has 1 aromatic rings. The molecule has 0 atom stereocenters. The van der Waals surface area contributed by atoms with Crippen LogP contribution in [0.5, 0.6) is 0 Å². The summed E-state index contributed by atoms with van der Waals surface area (Å²) < 4.78 is 36.4. The molecule has 0 spiro atoms. The van der Waals surface area contributed by atoms with Gasteiger partial charge in [-0.2, -0.15) is 4.39 Å². The third kappa shape index (κ3) is 4.04. The molecule has 1 amide bonds. The molecule has 8 heteroatoms. The largest absolute Gasteiger partial charge is 0.351 e. The lowest BCUT2D eigenvalue weighted by atomic mass is 10.3. The van der Waals surface area contributed by atoms with E-state index in [1.807, 2.05) is 0 Å². The number of nitrogens with zero attached hydrogens (tertiary/aromatic N) is 2. The van der Waals surface area contributed by atoms with Gasteiger partial charge in [0.05, 0.1) is 11.3 Å². The second-order valence-electron chi connectivity index (χ2n) is 3.72. The van der Waals surface area contributed by atoms with Crippen molar-refractivity contribution in [3.8, 4) is 0 Å². The number of carbonyl (C=O) groups is 1. The molecule has 1 heterocycles. The first-order valence-electron chi connectivity index (χ1n) is 5.13. The highest BCUT2D eigenvalue weighted by molar-refractivity contribution is 7.89. The summed E-state index contributed by atoms with van der Waals surface area (Å²) in [7, 11) is -0.504. The summed E-state index contributed by atoms with van der Waals surface area (Å²) >= 11 is 0. The standard InChI is InChI=1S/C10H14FN3O3S/c1-14(2)18(16,17)6-5-12-10(15)8-3-4-9(11)13-7-8/h3-4,7H,5-6H2,1-2H3,(H,12,15). The molecule has 0 aromatic carbocycles. The van der Waals surface area contributed by atoms with Crippen molar-refractivity contribution in [2.24, 2.45) is 0 Å². The van der Waals surface area contributed by atoms with E-state index < -0.39 is 21.9 Å². The van der Waals surface area contributed by atoms with E-state index in [0.29, 0.717) is 0 Å². The molecule has 0 saturated heterocycles. The monoisotopic (exact) mass is 275 g/mol. The number of pyridine rings is 1. The summed E-state index contributed by atoms with van der Waals surface area (Å²) in [5.41, 5.74) is 0.179. The van der Waals surface area contributed by atoms with Gasteiger partial charge in [-0.3, -0.25) is 4.79 Å². The fourth-order valence-corrected chi connectivity index (χ4v) is 1.81. The van der Waals surface area contributed by atoms with Gasteiger partial charge < -0.3 is 5.32 Å². The normalized spacial score (nSPS) is 11.6. The minimum absolute atomic E-state index is 0.0171. The SMILES string of the molecule is CN(C)S(=O)(=O)CCNC(=O)c1ccc(F)nc1. The molecule has 1 rings (SSSR count). The summed E-state index contributed by atoms with van der Waals surface area (Å²) in [6.07, 6.45) is 1.09. The summed E-state index contributed by atoms with van der Waals surface area (Å²) in [6, 6.07) is 2.34. The molecule has 0 saturated carbocycles. The van der Waals surface area contributed by atoms with E-state index in [9.17, 15) is 17.6 Å². The van der Waals surface area contributed by atoms with Crippen molar-refractivity contribution in [2.45, 2.75) is 0 Å². The molecule has 0 fully saturated rings. The number of carbonyl (C=O) groups excluding carboxylic acids is 1. The van der Waals surface area contributed by atoms with Crippen LogP contribution in [0.15, 0.2) is 18.3 Å². The Labute approximate surface area is 105 Å². The highest BCUT2D eigenvalue weighted by Gasteiger charge is 2.14. The van der Waals surface area contributed by atoms with Gasteiger partial charge in [-0.25, -0.2) is 17.7 Å². The summed E-state index contributed by atoms with van der Waals surface area (Å²) in [6.45, 7) is -0.0171. The Morgan fingerprint density at radius 2 is 2.11 bits per heavy atom. The zero-order chi connectivity index (χ0) is 13.8. The maximum Gasteiger partial charge on any atom is 0.252 e. The van der Waals surface area contributed by atoms with Crippen molar-refractivity contribution in [2.75, 3.05) is 26.4 Å². The van der Waals surface area contributed by atoms with Crippen molar-refractivity contribution in [3.63, 3.8) is 0 Å². The Morgan fingerprint density at radius 3 is 2.61 bits per heavy atom. The lowest BCUT2D eigenvalue weighted by Gasteiger charge is -2.11. The van der Waals surface area contributed by atoms with E-state index in [2.05, 4.69) is 10.3 Å². The second kappa shape index (κ2) is 5.87. The molecule has 18 heavy (non-hydrogen) atoms. The van der Waals surface area contributed by atoms with Crippen LogP contribution in [0.25, 0.3) is 0 Å². The van der Waals surface area contributed by atoms with Crippen LogP contribution in [-0.2, 0) is 10.0 Å². The highest BCUT2D eigenvalue weighted by Crippen LogP contribution is 1.99. The molecule has 100 valence electrons. The van der Waals surface area contributed by atoms with Gasteiger partial charge in [0.1, 0.15) is 0 Å². The predicted molar refractivity (Wildman–Crippen MR) is 64.0 cm³/mol. The average molecular weight is 275 g/mol. The van der Waals surface area contributed by atoms with Crippen molar-refractivity contribution < 1.29 is 17.6 Å². The van der Waals surface area contributed by atoms with Crippen LogP contribution in [0, 0.1) is 5.95 Å².